The first-order valence-electron chi connectivity index (χ1n) is 10.2. The Balaban J connectivity index is 2.10. The summed E-state index contributed by atoms with van der Waals surface area (Å²) in [6, 6.07) is 14.1. The van der Waals surface area contributed by atoms with E-state index in [0.29, 0.717) is 41.6 Å². The lowest BCUT2D eigenvalue weighted by molar-refractivity contribution is -0.141. The molecule has 1 atom stereocenters. The van der Waals surface area contributed by atoms with Gasteiger partial charge in [-0.2, -0.15) is 0 Å². The summed E-state index contributed by atoms with van der Waals surface area (Å²) >= 11 is 12.6. The van der Waals surface area contributed by atoms with E-state index in [1.54, 1.807) is 23.1 Å². The molecule has 162 valence electrons. The van der Waals surface area contributed by atoms with Crippen LogP contribution in [0.4, 0.5) is 0 Å². The molecule has 2 amide bonds. The van der Waals surface area contributed by atoms with E-state index in [1.807, 2.05) is 44.2 Å². The first kappa shape index (κ1) is 24.0. The number of carbonyl (C=O) groups is 2. The quantitative estimate of drug-likeness (QED) is 0.484. The van der Waals surface area contributed by atoms with Gasteiger partial charge in [0.15, 0.2) is 0 Å². The van der Waals surface area contributed by atoms with Gasteiger partial charge in [0.2, 0.25) is 11.8 Å². The molecular formula is C23H28Cl2N2O3. The number of hydrogen-bond donors (Lipinski definition) is 1. The Morgan fingerprint density at radius 1 is 1.03 bits per heavy atom. The Hall–Kier alpha value is -2.24. The van der Waals surface area contributed by atoms with Crippen molar-refractivity contribution in [2.24, 2.45) is 0 Å². The van der Waals surface area contributed by atoms with Crippen LogP contribution in [-0.2, 0) is 16.1 Å². The van der Waals surface area contributed by atoms with Crippen molar-refractivity contribution in [3.63, 3.8) is 0 Å². The molecule has 0 saturated carbocycles. The number of likely N-dealkylation sites (N-methyl/N-ethyl adjacent to an activating group) is 1. The highest BCUT2D eigenvalue weighted by Gasteiger charge is 2.29. The zero-order valence-corrected chi connectivity index (χ0v) is 18.9. The normalized spacial score (nSPS) is 11.6. The predicted octanol–water partition coefficient (Wildman–Crippen LogP) is 5.10. The van der Waals surface area contributed by atoms with Gasteiger partial charge in [-0.05, 0) is 44.0 Å². The van der Waals surface area contributed by atoms with Crippen LogP contribution >= 0.6 is 23.2 Å². The van der Waals surface area contributed by atoms with Gasteiger partial charge in [-0.25, -0.2) is 0 Å². The maximum absolute atomic E-state index is 13.1. The van der Waals surface area contributed by atoms with Gasteiger partial charge < -0.3 is 15.0 Å². The van der Waals surface area contributed by atoms with Gasteiger partial charge >= 0.3 is 0 Å². The average molecular weight is 451 g/mol. The number of ether oxygens (including phenoxy) is 1. The van der Waals surface area contributed by atoms with Crippen molar-refractivity contribution in [1.82, 2.24) is 10.2 Å². The van der Waals surface area contributed by atoms with E-state index in [-0.39, 0.29) is 24.8 Å². The molecule has 2 aromatic rings. The van der Waals surface area contributed by atoms with Crippen LogP contribution in [0.5, 0.6) is 5.75 Å². The third kappa shape index (κ3) is 6.92. The Labute approximate surface area is 188 Å². The first-order valence-corrected chi connectivity index (χ1v) is 10.9. The van der Waals surface area contributed by atoms with E-state index in [9.17, 15) is 9.59 Å². The van der Waals surface area contributed by atoms with Gasteiger partial charge in [0.1, 0.15) is 11.8 Å². The molecule has 7 heteroatoms. The molecule has 0 aliphatic rings. The minimum atomic E-state index is -0.597. The Bertz CT molecular complexity index is 810. The van der Waals surface area contributed by atoms with Crippen molar-refractivity contribution in [2.45, 2.75) is 45.7 Å². The van der Waals surface area contributed by atoms with Crippen LogP contribution in [0.25, 0.3) is 0 Å². The molecule has 2 rings (SSSR count). The Morgan fingerprint density at radius 2 is 1.70 bits per heavy atom. The summed E-state index contributed by atoms with van der Waals surface area (Å²) in [5.74, 6) is 0.441. The fourth-order valence-corrected chi connectivity index (χ4v) is 3.66. The van der Waals surface area contributed by atoms with Crippen molar-refractivity contribution in [2.75, 3.05) is 13.2 Å². The average Bonchev–Trinajstić information content (AvgIpc) is 2.74. The van der Waals surface area contributed by atoms with E-state index >= 15 is 0 Å². The number of nitrogens with one attached hydrogen (secondary N) is 1. The van der Waals surface area contributed by atoms with Crippen molar-refractivity contribution in [3.05, 3.63) is 64.1 Å². The maximum Gasteiger partial charge on any atom is 0.242 e. The lowest BCUT2D eigenvalue weighted by Crippen LogP contribution is -2.49. The third-order valence-corrected chi connectivity index (χ3v) is 5.38. The highest BCUT2D eigenvalue weighted by molar-refractivity contribution is 6.36. The number of carbonyl (C=O) groups excluding carboxylic acids is 2. The molecule has 0 fully saturated rings. The highest BCUT2D eigenvalue weighted by Crippen LogP contribution is 2.27. The zero-order chi connectivity index (χ0) is 21.9. The van der Waals surface area contributed by atoms with Crippen LogP contribution < -0.4 is 10.1 Å². The van der Waals surface area contributed by atoms with Crippen LogP contribution in [0.15, 0.2) is 48.5 Å². The molecule has 0 aliphatic heterocycles. The van der Waals surface area contributed by atoms with E-state index in [1.165, 1.54) is 0 Å². The minimum absolute atomic E-state index is 0.138. The summed E-state index contributed by atoms with van der Waals surface area (Å²) in [6.07, 6.45) is 1.28. The molecule has 0 spiro atoms. The summed E-state index contributed by atoms with van der Waals surface area (Å²) in [6.45, 7) is 4.81. The monoisotopic (exact) mass is 450 g/mol. The largest absolute Gasteiger partial charge is 0.494 e. The topological polar surface area (TPSA) is 58.6 Å². The molecule has 0 aromatic heterocycles. The molecule has 5 nitrogen and oxygen atoms in total. The summed E-state index contributed by atoms with van der Waals surface area (Å²) in [5, 5.41) is 3.75. The van der Waals surface area contributed by atoms with Gasteiger partial charge in [-0.3, -0.25) is 9.59 Å². The molecule has 0 bridgehead atoms. The fraction of sp³-hybridized carbons (Fsp3) is 0.391. The van der Waals surface area contributed by atoms with Crippen LogP contribution in [0, 0.1) is 0 Å². The summed E-state index contributed by atoms with van der Waals surface area (Å²) in [4.78, 5) is 27.3. The van der Waals surface area contributed by atoms with Crippen LogP contribution in [0.2, 0.25) is 10.0 Å². The molecule has 0 aliphatic carbocycles. The van der Waals surface area contributed by atoms with E-state index in [0.717, 1.165) is 5.75 Å². The van der Waals surface area contributed by atoms with E-state index in [2.05, 4.69) is 5.32 Å². The van der Waals surface area contributed by atoms with Gasteiger partial charge in [0.25, 0.3) is 0 Å². The molecule has 30 heavy (non-hydrogen) atoms. The molecule has 0 heterocycles. The van der Waals surface area contributed by atoms with Gasteiger partial charge in [0.05, 0.1) is 6.61 Å². The minimum Gasteiger partial charge on any atom is -0.494 e. The van der Waals surface area contributed by atoms with Crippen LogP contribution in [0.3, 0.4) is 0 Å². The summed E-state index contributed by atoms with van der Waals surface area (Å²) in [7, 11) is 0. The van der Waals surface area contributed by atoms with Crippen molar-refractivity contribution < 1.29 is 14.3 Å². The number of amides is 2. The second-order valence-electron chi connectivity index (χ2n) is 6.81. The lowest BCUT2D eigenvalue weighted by Gasteiger charge is -2.31. The van der Waals surface area contributed by atoms with Gasteiger partial charge in [-0.15, -0.1) is 0 Å². The highest BCUT2D eigenvalue weighted by atomic mass is 35.5. The van der Waals surface area contributed by atoms with Crippen LogP contribution in [-0.4, -0.2) is 35.9 Å². The van der Waals surface area contributed by atoms with Crippen molar-refractivity contribution in [3.8, 4) is 5.75 Å². The number of rotatable bonds is 11. The van der Waals surface area contributed by atoms with Crippen molar-refractivity contribution in [1.29, 1.82) is 0 Å². The van der Waals surface area contributed by atoms with Gasteiger partial charge in [0, 0.05) is 35.1 Å². The smallest absolute Gasteiger partial charge is 0.242 e. The Morgan fingerprint density at radius 3 is 2.30 bits per heavy atom. The molecule has 1 N–H and O–H groups in total. The standard InChI is InChI=1S/C23H28Cl2N2O3/c1-3-21(23(29)26-4-2)27(16-18-19(24)12-8-13-20(18)25)22(28)14-9-15-30-17-10-6-5-7-11-17/h5-8,10-13,21H,3-4,9,14-16H2,1-2H3,(H,26,29). The summed E-state index contributed by atoms with van der Waals surface area (Å²) < 4.78 is 5.67. The number of halogens is 2. The molecule has 1 unspecified atom stereocenters. The van der Waals surface area contributed by atoms with Crippen LogP contribution in [0.1, 0.15) is 38.7 Å². The van der Waals surface area contributed by atoms with Gasteiger partial charge in [-0.1, -0.05) is 54.4 Å². The second-order valence-corrected chi connectivity index (χ2v) is 7.62. The summed E-state index contributed by atoms with van der Waals surface area (Å²) in [5.41, 5.74) is 0.637. The molecular weight excluding hydrogens is 423 g/mol. The molecule has 0 radical (unpaired) electrons. The first-order chi connectivity index (χ1) is 14.5. The Kier molecular flexibility index (Phi) is 9.98. The number of hydrogen-bond acceptors (Lipinski definition) is 3. The van der Waals surface area contributed by atoms with Crippen molar-refractivity contribution >= 4 is 35.0 Å². The number of para-hydroxylation sites is 1. The van der Waals surface area contributed by atoms with E-state index < -0.39 is 6.04 Å². The maximum atomic E-state index is 13.1. The third-order valence-electron chi connectivity index (χ3n) is 4.67. The lowest BCUT2D eigenvalue weighted by atomic mass is 10.1. The predicted molar refractivity (Wildman–Crippen MR) is 121 cm³/mol. The second kappa shape index (κ2) is 12.5. The molecule has 0 saturated heterocycles. The van der Waals surface area contributed by atoms with E-state index in [4.69, 9.17) is 27.9 Å². The SMILES string of the molecule is CCNC(=O)C(CC)N(Cc1c(Cl)cccc1Cl)C(=O)CCCOc1ccccc1. The fourth-order valence-electron chi connectivity index (χ4n) is 3.14. The zero-order valence-electron chi connectivity index (χ0n) is 17.4. The number of nitrogens with zero attached hydrogens (tertiary/aromatic N) is 1. The number of benzene rings is 2. The molecule has 2 aromatic carbocycles.